The van der Waals surface area contributed by atoms with E-state index in [0.29, 0.717) is 18.7 Å². The Morgan fingerprint density at radius 1 is 1.09 bits per heavy atom. The first kappa shape index (κ1) is 23.8. The number of rotatable bonds is 9. The van der Waals surface area contributed by atoms with E-state index in [2.05, 4.69) is 4.98 Å². The summed E-state index contributed by atoms with van der Waals surface area (Å²) in [4.78, 5) is 41.9. The highest BCUT2D eigenvalue weighted by atomic mass is 16.5. The van der Waals surface area contributed by atoms with Gasteiger partial charge in [0.1, 0.15) is 11.6 Å². The van der Waals surface area contributed by atoms with Gasteiger partial charge in [0.2, 0.25) is 5.91 Å². The third kappa shape index (κ3) is 5.91. The second kappa shape index (κ2) is 10.7. The molecule has 3 aromatic rings. The molecular weight excluding hydrogens is 420 g/mol. The van der Waals surface area contributed by atoms with Crippen molar-refractivity contribution in [2.24, 2.45) is 0 Å². The largest absolute Gasteiger partial charge is 0.493 e. The van der Waals surface area contributed by atoms with Gasteiger partial charge in [0.05, 0.1) is 19.6 Å². The average molecular weight is 451 g/mol. The fourth-order valence-electron chi connectivity index (χ4n) is 3.75. The van der Waals surface area contributed by atoms with Crippen molar-refractivity contribution < 1.29 is 9.53 Å². The smallest absolute Gasteiger partial charge is 0.330 e. The predicted molar refractivity (Wildman–Crippen MR) is 130 cm³/mol. The number of nitrogens with two attached hydrogens (primary N) is 1. The minimum absolute atomic E-state index is 0.0104. The maximum absolute atomic E-state index is 13.1. The highest BCUT2D eigenvalue weighted by Gasteiger charge is 2.23. The van der Waals surface area contributed by atoms with E-state index in [1.54, 1.807) is 0 Å². The van der Waals surface area contributed by atoms with Gasteiger partial charge in [-0.2, -0.15) is 0 Å². The van der Waals surface area contributed by atoms with E-state index in [1.165, 1.54) is 9.47 Å². The fraction of sp³-hybridized carbons (Fsp3) is 0.320. The van der Waals surface area contributed by atoms with Crippen molar-refractivity contribution in [3.63, 3.8) is 0 Å². The quantitative estimate of drug-likeness (QED) is 0.521. The van der Waals surface area contributed by atoms with Gasteiger partial charge in [-0.05, 0) is 49.1 Å². The number of ether oxygens (including phenoxy) is 1. The van der Waals surface area contributed by atoms with Gasteiger partial charge in [-0.25, -0.2) is 4.79 Å². The van der Waals surface area contributed by atoms with E-state index in [-0.39, 0.29) is 37.0 Å². The molecular formula is C25H30N4O4. The van der Waals surface area contributed by atoms with Crippen LogP contribution in [0.25, 0.3) is 0 Å². The first-order valence-electron chi connectivity index (χ1n) is 11.0. The number of aromatic amines is 1. The number of nitrogen functional groups attached to an aromatic ring is 1. The number of anilines is 2. The van der Waals surface area contributed by atoms with Crippen LogP contribution in [0.3, 0.4) is 0 Å². The molecule has 1 heterocycles. The third-order valence-electron chi connectivity index (χ3n) is 5.20. The monoisotopic (exact) mass is 450 g/mol. The number of benzene rings is 2. The Kier molecular flexibility index (Phi) is 7.71. The van der Waals surface area contributed by atoms with E-state index in [9.17, 15) is 14.4 Å². The normalized spacial score (nSPS) is 10.8. The van der Waals surface area contributed by atoms with Crippen molar-refractivity contribution in [3.05, 3.63) is 86.1 Å². The number of H-pyrrole nitrogens is 1. The summed E-state index contributed by atoms with van der Waals surface area (Å²) in [5.74, 6) is 0.351. The zero-order valence-electron chi connectivity index (χ0n) is 19.3. The molecule has 0 atom stereocenters. The highest BCUT2D eigenvalue weighted by Crippen LogP contribution is 2.20. The van der Waals surface area contributed by atoms with E-state index in [4.69, 9.17) is 10.5 Å². The highest BCUT2D eigenvalue weighted by molar-refractivity contribution is 5.95. The molecule has 8 nitrogen and oxygen atoms in total. The maximum Gasteiger partial charge on any atom is 0.330 e. The summed E-state index contributed by atoms with van der Waals surface area (Å²) in [6, 6.07) is 15.1. The number of nitrogens with one attached hydrogen (secondary N) is 1. The molecule has 2 aromatic carbocycles. The van der Waals surface area contributed by atoms with Crippen LogP contribution >= 0.6 is 0 Å². The molecule has 0 bridgehead atoms. The van der Waals surface area contributed by atoms with Gasteiger partial charge in [0.25, 0.3) is 5.56 Å². The van der Waals surface area contributed by atoms with E-state index < -0.39 is 11.2 Å². The lowest BCUT2D eigenvalue weighted by Gasteiger charge is -2.24. The first-order valence-corrected chi connectivity index (χ1v) is 11.0. The lowest BCUT2D eigenvalue weighted by molar-refractivity contribution is -0.119. The van der Waals surface area contributed by atoms with Crippen LogP contribution in [-0.4, -0.2) is 28.6 Å². The van der Waals surface area contributed by atoms with E-state index in [1.807, 2.05) is 69.3 Å². The molecule has 0 radical (unpaired) electrons. The van der Waals surface area contributed by atoms with Crippen molar-refractivity contribution in [2.45, 2.75) is 40.2 Å². The van der Waals surface area contributed by atoms with E-state index >= 15 is 0 Å². The summed E-state index contributed by atoms with van der Waals surface area (Å²) in [7, 11) is 0. The summed E-state index contributed by atoms with van der Waals surface area (Å²) in [5.41, 5.74) is 7.96. The molecule has 0 saturated carbocycles. The van der Waals surface area contributed by atoms with Gasteiger partial charge < -0.3 is 15.4 Å². The zero-order chi connectivity index (χ0) is 24.0. The molecule has 8 heteroatoms. The maximum atomic E-state index is 13.1. The topological polar surface area (TPSA) is 110 Å². The van der Waals surface area contributed by atoms with Gasteiger partial charge in [-0.3, -0.25) is 19.1 Å². The zero-order valence-corrected chi connectivity index (χ0v) is 19.3. The molecule has 1 aromatic heterocycles. The average Bonchev–Trinajstić information content (AvgIpc) is 2.76. The van der Waals surface area contributed by atoms with Crippen molar-refractivity contribution >= 4 is 17.4 Å². The van der Waals surface area contributed by atoms with E-state index in [0.717, 1.165) is 16.7 Å². The minimum atomic E-state index is -0.682. The second-order valence-electron chi connectivity index (χ2n) is 8.03. The van der Waals surface area contributed by atoms with Gasteiger partial charge >= 0.3 is 5.69 Å². The molecule has 1 amide bonds. The van der Waals surface area contributed by atoms with Crippen LogP contribution in [-0.2, 0) is 11.3 Å². The molecule has 0 unspecified atom stereocenters. The number of aromatic nitrogens is 2. The lowest BCUT2D eigenvalue weighted by atomic mass is 10.1. The summed E-state index contributed by atoms with van der Waals surface area (Å²) in [6.45, 7) is 6.49. The van der Waals surface area contributed by atoms with Crippen molar-refractivity contribution in [2.75, 3.05) is 23.8 Å². The Labute approximate surface area is 192 Å². The molecule has 0 aliphatic rings. The molecule has 0 aliphatic heterocycles. The second-order valence-corrected chi connectivity index (χ2v) is 8.03. The molecule has 3 rings (SSSR count). The Bertz CT molecular complexity index is 1210. The predicted octanol–water partition coefficient (Wildman–Crippen LogP) is 3.00. The Morgan fingerprint density at radius 2 is 1.76 bits per heavy atom. The van der Waals surface area contributed by atoms with Gasteiger partial charge in [-0.15, -0.1) is 0 Å². The standard InChI is InChI=1S/C25H30N4O4/c1-4-11-28(21(30)10-12-33-20-14-17(2)13-18(3)15-20)22-23(26)29(25(32)27-24(22)31)16-19-8-6-5-7-9-19/h5-9,13-15H,4,10-12,16,26H2,1-3H3,(H,27,31,32). The number of hydrogen-bond donors (Lipinski definition) is 2. The molecule has 0 aliphatic carbocycles. The molecule has 174 valence electrons. The number of aryl methyl sites for hydroxylation is 2. The number of hydrogen-bond acceptors (Lipinski definition) is 5. The number of carbonyl (C=O) groups is 1. The van der Waals surface area contributed by atoms with Crippen LogP contribution in [0.2, 0.25) is 0 Å². The molecule has 3 N–H and O–H groups in total. The lowest BCUT2D eigenvalue weighted by Crippen LogP contribution is -2.42. The Hall–Kier alpha value is -3.81. The van der Waals surface area contributed by atoms with Crippen LogP contribution in [0.4, 0.5) is 11.5 Å². The van der Waals surface area contributed by atoms with Crippen molar-refractivity contribution in [1.82, 2.24) is 9.55 Å². The minimum Gasteiger partial charge on any atom is -0.493 e. The Balaban J connectivity index is 1.84. The summed E-state index contributed by atoms with van der Waals surface area (Å²) < 4.78 is 7.04. The van der Waals surface area contributed by atoms with Crippen LogP contribution < -0.4 is 26.6 Å². The van der Waals surface area contributed by atoms with Crippen LogP contribution in [0.15, 0.2) is 58.1 Å². The van der Waals surface area contributed by atoms with Crippen LogP contribution in [0.5, 0.6) is 5.75 Å². The molecule has 33 heavy (non-hydrogen) atoms. The molecule has 0 saturated heterocycles. The van der Waals surface area contributed by atoms with Crippen LogP contribution in [0, 0.1) is 13.8 Å². The molecule has 0 fully saturated rings. The van der Waals surface area contributed by atoms with Crippen molar-refractivity contribution in [3.8, 4) is 5.75 Å². The third-order valence-corrected chi connectivity index (χ3v) is 5.20. The van der Waals surface area contributed by atoms with Crippen LogP contribution in [0.1, 0.15) is 36.5 Å². The first-order chi connectivity index (χ1) is 15.8. The number of amides is 1. The SMILES string of the molecule is CCCN(C(=O)CCOc1cc(C)cc(C)c1)c1c(N)n(Cc2ccccc2)c(=O)[nH]c1=O. The summed E-state index contributed by atoms with van der Waals surface area (Å²) in [5, 5.41) is 0. The van der Waals surface area contributed by atoms with Gasteiger partial charge in [-0.1, -0.05) is 43.3 Å². The number of nitrogens with zero attached hydrogens (tertiary/aromatic N) is 2. The van der Waals surface area contributed by atoms with Gasteiger partial charge in [0, 0.05) is 6.54 Å². The summed E-state index contributed by atoms with van der Waals surface area (Å²) >= 11 is 0. The summed E-state index contributed by atoms with van der Waals surface area (Å²) in [6.07, 6.45) is 0.671. The number of carbonyl (C=O) groups excluding carboxylic acids is 1. The fourth-order valence-corrected chi connectivity index (χ4v) is 3.75. The van der Waals surface area contributed by atoms with Gasteiger partial charge in [0.15, 0.2) is 5.69 Å². The molecule has 0 spiro atoms. The Morgan fingerprint density at radius 3 is 2.39 bits per heavy atom. The van der Waals surface area contributed by atoms with Crippen molar-refractivity contribution in [1.29, 1.82) is 0 Å².